The van der Waals surface area contributed by atoms with Gasteiger partial charge in [-0.15, -0.1) is 0 Å². The first-order valence-corrected chi connectivity index (χ1v) is 8.34. The van der Waals surface area contributed by atoms with Crippen LogP contribution in [0.4, 0.5) is 0 Å². The van der Waals surface area contributed by atoms with E-state index in [1.165, 1.54) is 12.1 Å². The number of methoxy groups -OCH3 is 2. The van der Waals surface area contributed by atoms with Crippen LogP contribution in [0.3, 0.4) is 0 Å². The summed E-state index contributed by atoms with van der Waals surface area (Å²) in [4.78, 5) is 11.2. The number of aromatic carboxylic acids is 1. The Hall–Kier alpha value is -3.31. The molecule has 0 atom stereocenters. The Labute approximate surface area is 157 Å². The van der Waals surface area contributed by atoms with Crippen LogP contribution in [0, 0.1) is 0 Å². The summed E-state index contributed by atoms with van der Waals surface area (Å²) in [5.74, 6) is 0.341. The Kier molecular flexibility index (Phi) is 5.14. The summed E-state index contributed by atoms with van der Waals surface area (Å²) in [6.07, 6.45) is 0. The first-order valence-electron chi connectivity index (χ1n) is 8.34. The van der Waals surface area contributed by atoms with Crippen molar-refractivity contribution in [3.05, 3.63) is 95.1 Å². The van der Waals surface area contributed by atoms with Gasteiger partial charge in [-0.25, -0.2) is 4.79 Å². The van der Waals surface area contributed by atoms with E-state index >= 15 is 0 Å². The predicted molar refractivity (Wildman–Crippen MR) is 101 cm³/mol. The smallest absolute Gasteiger partial charge is 0.335 e. The molecule has 0 fully saturated rings. The Balaban J connectivity index is 2.15. The first-order chi connectivity index (χ1) is 13.0. The highest BCUT2D eigenvalue weighted by atomic mass is 16.5. The van der Waals surface area contributed by atoms with Crippen LogP contribution in [0.2, 0.25) is 0 Å². The lowest BCUT2D eigenvalue weighted by atomic mass is 9.80. The summed E-state index contributed by atoms with van der Waals surface area (Å²) < 4.78 is 10.4. The molecule has 0 spiro atoms. The van der Waals surface area contributed by atoms with Crippen molar-refractivity contribution in [2.45, 2.75) is 5.60 Å². The average Bonchev–Trinajstić information content (AvgIpc) is 2.73. The third-order valence-corrected chi connectivity index (χ3v) is 4.57. The van der Waals surface area contributed by atoms with E-state index < -0.39 is 11.6 Å². The molecule has 0 bridgehead atoms. The van der Waals surface area contributed by atoms with Crippen molar-refractivity contribution in [1.82, 2.24) is 0 Å². The lowest BCUT2D eigenvalue weighted by Crippen LogP contribution is -2.28. The van der Waals surface area contributed by atoms with Gasteiger partial charge in [0.15, 0.2) is 0 Å². The third kappa shape index (κ3) is 3.50. The van der Waals surface area contributed by atoms with Gasteiger partial charge in [0.05, 0.1) is 19.8 Å². The second-order valence-corrected chi connectivity index (χ2v) is 6.05. The summed E-state index contributed by atoms with van der Waals surface area (Å²) in [5, 5.41) is 20.9. The van der Waals surface area contributed by atoms with Crippen molar-refractivity contribution in [3.8, 4) is 11.5 Å². The fourth-order valence-corrected chi connectivity index (χ4v) is 3.02. The Morgan fingerprint density at radius 2 is 1.04 bits per heavy atom. The van der Waals surface area contributed by atoms with Crippen molar-refractivity contribution >= 4 is 5.97 Å². The highest BCUT2D eigenvalue weighted by molar-refractivity contribution is 5.87. The molecule has 0 aromatic heterocycles. The zero-order valence-corrected chi connectivity index (χ0v) is 15.0. The third-order valence-electron chi connectivity index (χ3n) is 4.57. The maximum absolute atomic E-state index is 11.8. The molecule has 3 rings (SSSR count). The van der Waals surface area contributed by atoms with Gasteiger partial charge >= 0.3 is 5.97 Å². The molecular weight excluding hydrogens is 344 g/mol. The van der Waals surface area contributed by atoms with Gasteiger partial charge in [-0.3, -0.25) is 0 Å². The molecular formula is C22H20O5. The first kappa shape index (κ1) is 18.5. The van der Waals surface area contributed by atoms with Crippen LogP contribution in [-0.2, 0) is 5.60 Å². The molecule has 0 radical (unpaired) electrons. The largest absolute Gasteiger partial charge is 0.497 e. The maximum atomic E-state index is 11.8. The van der Waals surface area contributed by atoms with Crippen LogP contribution in [0.25, 0.3) is 0 Å². The Morgan fingerprint density at radius 3 is 1.33 bits per heavy atom. The van der Waals surface area contributed by atoms with Crippen molar-refractivity contribution in [2.24, 2.45) is 0 Å². The molecule has 0 amide bonds. The monoisotopic (exact) mass is 364 g/mol. The van der Waals surface area contributed by atoms with Gasteiger partial charge in [-0.2, -0.15) is 0 Å². The molecule has 0 aliphatic carbocycles. The van der Waals surface area contributed by atoms with Crippen molar-refractivity contribution < 1.29 is 24.5 Å². The van der Waals surface area contributed by atoms with Crippen molar-refractivity contribution in [2.75, 3.05) is 14.2 Å². The molecule has 0 heterocycles. The van der Waals surface area contributed by atoms with E-state index in [-0.39, 0.29) is 5.56 Å². The van der Waals surface area contributed by atoms with Gasteiger partial charge in [0.2, 0.25) is 0 Å². The highest BCUT2D eigenvalue weighted by Crippen LogP contribution is 2.38. The molecule has 0 saturated heterocycles. The highest BCUT2D eigenvalue weighted by Gasteiger charge is 2.34. The molecule has 2 N–H and O–H groups in total. The molecule has 27 heavy (non-hydrogen) atoms. The molecule has 0 saturated carbocycles. The number of carbonyl (C=O) groups is 1. The molecule has 138 valence electrons. The summed E-state index contributed by atoms with van der Waals surface area (Å²) in [6.45, 7) is 0. The van der Waals surface area contributed by atoms with Crippen LogP contribution in [0.1, 0.15) is 27.0 Å². The van der Waals surface area contributed by atoms with Gasteiger partial charge in [-0.05, 0) is 53.1 Å². The van der Waals surface area contributed by atoms with Crippen LogP contribution in [0.5, 0.6) is 11.5 Å². The van der Waals surface area contributed by atoms with E-state index in [4.69, 9.17) is 14.6 Å². The van der Waals surface area contributed by atoms with Gasteiger partial charge in [0, 0.05) is 0 Å². The van der Waals surface area contributed by atoms with Gasteiger partial charge in [-0.1, -0.05) is 36.4 Å². The molecule has 0 unspecified atom stereocenters. The van der Waals surface area contributed by atoms with E-state index in [1.54, 1.807) is 74.9 Å². The van der Waals surface area contributed by atoms with Crippen molar-refractivity contribution in [3.63, 3.8) is 0 Å². The van der Waals surface area contributed by atoms with Gasteiger partial charge in [0.1, 0.15) is 17.1 Å². The fourth-order valence-electron chi connectivity index (χ4n) is 3.02. The number of rotatable bonds is 6. The minimum atomic E-state index is -1.46. The predicted octanol–water partition coefficient (Wildman–Crippen LogP) is 3.69. The number of hydrogen-bond acceptors (Lipinski definition) is 4. The minimum Gasteiger partial charge on any atom is -0.497 e. The maximum Gasteiger partial charge on any atom is 0.335 e. The molecule has 3 aromatic rings. The molecule has 5 nitrogen and oxygen atoms in total. The lowest BCUT2D eigenvalue weighted by Gasteiger charge is -2.30. The fraction of sp³-hybridized carbons (Fsp3) is 0.136. The number of carboxylic acids is 1. The topological polar surface area (TPSA) is 76.0 Å². The van der Waals surface area contributed by atoms with Crippen LogP contribution >= 0.6 is 0 Å². The van der Waals surface area contributed by atoms with Crippen molar-refractivity contribution in [1.29, 1.82) is 0 Å². The Bertz CT molecular complexity index is 865. The number of ether oxygens (including phenoxy) is 2. The Morgan fingerprint density at radius 1 is 0.704 bits per heavy atom. The zero-order chi connectivity index (χ0) is 19.4. The minimum absolute atomic E-state index is 0.158. The van der Waals surface area contributed by atoms with E-state index in [0.29, 0.717) is 28.2 Å². The van der Waals surface area contributed by atoms with Crippen LogP contribution < -0.4 is 9.47 Å². The number of aliphatic hydroxyl groups is 1. The molecule has 5 heteroatoms. The number of benzene rings is 3. The lowest BCUT2D eigenvalue weighted by molar-refractivity contribution is 0.0696. The van der Waals surface area contributed by atoms with Gasteiger partial charge in [0.25, 0.3) is 0 Å². The number of hydrogen-bond donors (Lipinski definition) is 2. The van der Waals surface area contributed by atoms with Crippen LogP contribution in [0.15, 0.2) is 72.8 Å². The SMILES string of the molecule is COc1ccc(C(O)(c2ccc(OC)cc2)c2ccc(C(=O)O)cc2)cc1. The van der Waals surface area contributed by atoms with E-state index in [9.17, 15) is 9.90 Å². The second-order valence-electron chi connectivity index (χ2n) is 6.05. The molecule has 0 aliphatic heterocycles. The molecule has 0 aliphatic rings. The standard InChI is InChI=1S/C22H20O5/c1-26-19-11-7-17(8-12-19)22(25,18-9-13-20(27-2)14-10-18)16-5-3-15(4-6-16)21(23)24/h3-14,25H,1-2H3,(H,23,24). The molecule has 3 aromatic carbocycles. The van der Waals surface area contributed by atoms with Gasteiger partial charge < -0.3 is 19.7 Å². The summed E-state index contributed by atoms with van der Waals surface area (Å²) >= 11 is 0. The normalized spacial score (nSPS) is 11.1. The quantitative estimate of drug-likeness (QED) is 0.653. The van der Waals surface area contributed by atoms with E-state index in [2.05, 4.69) is 0 Å². The van der Waals surface area contributed by atoms with E-state index in [1.807, 2.05) is 0 Å². The van der Waals surface area contributed by atoms with Crippen LogP contribution in [-0.4, -0.2) is 30.4 Å². The summed E-state index contributed by atoms with van der Waals surface area (Å²) in [5.41, 5.74) is 0.525. The average molecular weight is 364 g/mol. The zero-order valence-electron chi connectivity index (χ0n) is 15.0. The second kappa shape index (κ2) is 7.51. The number of carboxylic acid groups (broad SMARTS) is 1. The summed E-state index contributed by atoms with van der Waals surface area (Å²) in [7, 11) is 3.16. The van der Waals surface area contributed by atoms with E-state index in [0.717, 1.165) is 0 Å². The summed E-state index contributed by atoms with van der Waals surface area (Å²) in [6, 6.07) is 20.4.